The number of nitrogens with zero attached hydrogens (tertiary/aromatic N) is 2. The van der Waals surface area contributed by atoms with Gasteiger partial charge in [-0.25, -0.2) is 0 Å². The first-order valence-corrected chi connectivity index (χ1v) is 8.93. The average Bonchev–Trinajstić information content (AvgIpc) is 2.64. The first-order valence-electron chi connectivity index (χ1n) is 8.93. The first-order chi connectivity index (χ1) is 12.3. The van der Waals surface area contributed by atoms with Crippen molar-refractivity contribution >= 4 is 16.7 Å². The minimum atomic E-state index is 0.0829. The molecule has 5 nitrogen and oxygen atoms in total. The molecule has 0 spiro atoms. The van der Waals surface area contributed by atoms with Crippen LogP contribution in [0.4, 0.5) is 0 Å². The maximum atomic E-state index is 11.9. The van der Waals surface area contributed by atoms with Crippen molar-refractivity contribution in [3.05, 3.63) is 48.0 Å². The molecular formula is C20H27N3O2. The first kappa shape index (κ1) is 17.9. The molecule has 1 heterocycles. The average molecular weight is 341 g/mol. The Labute approximate surface area is 149 Å². The Morgan fingerprint density at radius 3 is 2.56 bits per heavy atom. The number of methoxy groups -OCH3 is 1. The molecule has 2 aromatic rings. The van der Waals surface area contributed by atoms with E-state index in [0.29, 0.717) is 19.7 Å². The van der Waals surface area contributed by atoms with E-state index in [0.717, 1.165) is 32.7 Å². The summed E-state index contributed by atoms with van der Waals surface area (Å²) in [4.78, 5) is 16.6. The van der Waals surface area contributed by atoms with Gasteiger partial charge in [0, 0.05) is 46.4 Å². The van der Waals surface area contributed by atoms with Crippen LogP contribution in [0.1, 0.15) is 5.56 Å². The highest BCUT2D eigenvalue weighted by Crippen LogP contribution is 2.20. The molecule has 1 N–H and O–H groups in total. The quantitative estimate of drug-likeness (QED) is 0.779. The van der Waals surface area contributed by atoms with Crippen LogP contribution in [0.2, 0.25) is 0 Å². The van der Waals surface area contributed by atoms with Gasteiger partial charge >= 0.3 is 0 Å². The van der Waals surface area contributed by atoms with E-state index in [2.05, 4.69) is 57.6 Å². The summed E-state index contributed by atoms with van der Waals surface area (Å²) in [5, 5.41) is 5.52. The smallest absolute Gasteiger partial charge is 0.234 e. The van der Waals surface area contributed by atoms with Gasteiger partial charge in [0.05, 0.1) is 13.2 Å². The van der Waals surface area contributed by atoms with Crippen molar-refractivity contribution in [2.75, 3.05) is 53.0 Å². The Balaban J connectivity index is 1.48. The molecule has 25 heavy (non-hydrogen) atoms. The molecule has 0 saturated carbocycles. The molecule has 5 heteroatoms. The number of hydrogen-bond donors (Lipinski definition) is 1. The number of carbonyl (C=O) groups is 1. The van der Waals surface area contributed by atoms with Crippen molar-refractivity contribution in [2.45, 2.75) is 6.54 Å². The summed E-state index contributed by atoms with van der Waals surface area (Å²) >= 11 is 0. The Hall–Kier alpha value is -1.95. The number of rotatable bonds is 7. The van der Waals surface area contributed by atoms with Gasteiger partial charge in [-0.2, -0.15) is 0 Å². The highest BCUT2D eigenvalue weighted by molar-refractivity contribution is 5.85. The maximum absolute atomic E-state index is 11.9. The van der Waals surface area contributed by atoms with Crippen molar-refractivity contribution in [3.8, 4) is 0 Å². The number of nitrogens with one attached hydrogen (secondary N) is 1. The van der Waals surface area contributed by atoms with E-state index in [4.69, 9.17) is 4.74 Å². The van der Waals surface area contributed by atoms with E-state index in [1.54, 1.807) is 7.11 Å². The largest absolute Gasteiger partial charge is 0.383 e. The molecule has 1 aliphatic rings. The number of amides is 1. The second-order valence-electron chi connectivity index (χ2n) is 6.53. The van der Waals surface area contributed by atoms with Crippen molar-refractivity contribution in [2.24, 2.45) is 0 Å². The molecule has 0 aliphatic carbocycles. The van der Waals surface area contributed by atoms with E-state index in [-0.39, 0.29) is 5.91 Å². The van der Waals surface area contributed by atoms with Crippen molar-refractivity contribution in [1.29, 1.82) is 0 Å². The summed E-state index contributed by atoms with van der Waals surface area (Å²) in [6, 6.07) is 15.1. The molecule has 1 aliphatic heterocycles. The number of benzene rings is 2. The van der Waals surface area contributed by atoms with Gasteiger partial charge in [0.15, 0.2) is 0 Å². The Bertz CT molecular complexity index is 691. The van der Waals surface area contributed by atoms with Crippen LogP contribution in [0.25, 0.3) is 10.8 Å². The van der Waals surface area contributed by atoms with Crippen molar-refractivity contribution in [3.63, 3.8) is 0 Å². The van der Waals surface area contributed by atoms with Gasteiger partial charge in [0.25, 0.3) is 0 Å². The second-order valence-corrected chi connectivity index (χ2v) is 6.53. The Kier molecular flexibility index (Phi) is 6.39. The molecule has 0 unspecified atom stereocenters. The highest BCUT2D eigenvalue weighted by Gasteiger charge is 2.19. The molecule has 0 aromatic heterocycles. The molecule has 3 rings (SSSR count). The van der Waals surface area contributed by atoms with Crippen LogP contribution >= 0.6 is 0 Å². The van der Waals surface area contributed by atoms with E-state index in [1.807, 2.05) is 0 Å². The summed E-state index contributed by atoms with van der Waals surface area (Å²) in [6.45, 7) is 6.44. The van der Waals surface area contributed by atoms with Crippen LogP contribution in [0.15, 0.2) is 42.5 Å². The zero-order chi connectivity index (χ0) is 17.5. The number of hydrogen-bond acceptors (Lipinski definition) is 4. The van der Waals surface area contributed by atoms with Gasteiger partial charge < -0.3 is 10.1 Å². The molecule has 0 bridgehead atoms. The fraction of sp³-hybridized carbons (Fsp3) is 0.450. The number of piperazine rings is 1. The van der Waals surface area contributed by atoms with E-state index < -0.39 is 0 Å². The normalized spacial score (nSPS) is 16.2. The van der Waals surface area contributed by atoms with Crippen LogP contribution in [0.3, 0.4) is 0 Å². The SMILES string of the molecule is COCCNC(=O)CN1CCN(Cc2cccc3ccccc23)CC1. The van der Waals surface area contributed by atoms with Gasteiger partial charge in [0.2, 0.25) is 5.91 Å². The molecule has 0 atom stereocenters. The lowest BCUT2D eigenvalue weighted by atomic mass is 10.0. The molecule has 1 fully saturated rings. The Morgan fingerprint density at radius 1 is 1.04 bits per heavy atom. The van der Waals surface area contributed by atoms with Gasteiger partial charge in [-0.1, -0.05) is 42.5 Å². The predicted molar refractivity (Wildman–Crippen MR) is 101 cm³/mol. The molecule has 134 valence electrons. The summed E-state index contributed by atoms with van der Waals surface area (Å²) < 4.78 is 4.95. The highest BCUT2D eigenvalue weighted by atomic mass is 16.5. The molecule has 1 amide bonds. The van der Waals surface area contributed by atoms with E-state index >= 15 is 0 Å². The topological polar surface area (TPSA) is 44.8 Å². The van der Waals surface area contributed by atoms with Crippen LogP contribution in [0.5, 0.6) is 0 Å². The van der Waals surface area contributed by atoms with Crippen LogP contribution in [-0.2, 0) is 16.1 Å². The zero-order valence-electron chi connectivity index (χ0n) is 14.9. The van der Waals surface area contributed by atoms with Crippen LogP contribution < -0.4 is 5.32 Å². The maximum Gasteiger partial charge on any atom is 0.234 e. The lowest BCUT2D eigenvalue weighted by molar-refractivity contribution is -0.122. The van der Waals surface area contributed by atoms with Gasteiger partial charge in [-0.3, -0.25) is 14.6 Å². The summed E-state index contributed by atoms with van der Waals surface area (Å²) in [5.41, 5.74) is 1.38. The minimum absolute atomic E-state index is 0.0829. The predicted octanol–water partition coefficient (Wildman–Crippen LogP) is 1.72. The van der Waals surface area contributed by atoms with Crippen molar-refractivity contribution in [1.82, 2.24) is 15.1 Å². The standard InChI is InChI=1S/C20H27N3O2/c1-25-14-9-21-20(24)16-23-12-10-22(11-13-23)15-18-7-4-6-17-5-2-3-8-19(17)18/h2-8H,9-16H2,1H3,(H,21,24). The summed E-state index contributed by atoms with van der Waals surface area (Å²) in [5.74, 6) is 0.0829. The van der Waals surface area contributed by atoms with E-state index in [9.17, 15) is 4.79 Å². The van der Waals surface area contributed by atoms with Gasteiger partial charge in [0.1, 0.15) is 0 Å². The van der Waals surface area contributed by atoms with E-state index in [1.165, 1.54) is 16.3 Å². The monoisotopic (exact) mass is 341 g/mol. The number of fused-ring (bicyclic) bond motifs is 1. The zero-order valence-corrected chi connectivity index (χ0v) is 14.9. The van der Waals surface area contributed by atoms with Gasteiger partial charge in [-0.15, -0.1) is 0 Å². The molecule has 1 saturated heterocycles. The number of carbonyl (C=O) groups excluding carboxylic acids is 1. The molecule has 2 aromatic carbocycles. The lowest BCUT2D eigenvalue weighted by Crippen LogP contribution is -2.49. The number of ether oxygens (including phenoxy) is 1. The van der Waals surface area contributed by atoms with Crippen LogP contribution in [-0.4, -0.2) is 68.7 Å². The third kappa shape index (κ3) is 5.01. The second kappa shape index (κ2) is 8.94. The lowest BCUT2D eigenvalue weighted by Gasteiger charge is -2.34. The van der Waals surface area contributed by atoms with Crippen LogP contribution in [0, 0.1) is 0 Å². The minimum Gasteiger partial charge on any atom is -0.383 e. The van der Waals surface area contributed by atoms with Crippen molar-refractivity contribution < 1.29 is 9.53 Å². The Morgan fingerprint density at radius 2 is 1.76 bits per heavy atom. The molecule has 0 radical (unpaired) electrons. The third-order valence-electron chi connectivity index (χ3n) is 4.73. The third-order valence-corrected chi connectivity index (χ3v) is 4.73. The molecular weight excluding hydrogens is 314 g/mol. The summed E-state index contributed by atoms with van der Waals surface area (Å²) in [7, 11) is 1.64. The fourth-order valence-corrected chi connectivity index (χ4v) is 3.33. The van der Waals surface area contributed by atoms with Gasteiger partial charge in [-0.05, 0) is 16.3 Å². The summed E-state index contributed by atoms with van der Waals surface area (Å²) in [6.07, 6.45) is 0. The fourth-order valence-electron chi connectivity index (χ4n) is 3.33.